The molecule has 3 aromatic rings. The standard InChI is InChI=1S/C28H33N5O4/c1-16-17(2)26-24(18(3)25(16)30)22(33-35-5)12-28(4,37-26)15-36-21-9-6-19(7-10-21)13-32-27(34)20-8-11-23(29)31-14-20/h6-11,14H,12-13,15,30H2,1-5H3,(H2,29,31)(H,32,34)/b33-22+. The van der Waals surface area contributed by atoms with E-state index in [1.54, 1.807) is 12.1 Å². The van der Waals surface area contributed by atoms with Crippen LogP contribution in [0, 0.1) is 20.8 Å². The van der Waals surface area contributed by atoms with Crippen LogP contribution in [0.15, 0.2) is 47.8 Å². The number of hydrogen-bond donors (Lipinski definition) is 3. The molecule has 0 fully saturated rings. The Morgan fingerprint density at radius 1 is 1.11 bits per heavy atom. The normalized spacial score (nSPS) is 17.6. The lowest BCUT2D eigenvalue weighted by Crippen LogP contribution is -2.45. The van der Waals surface area contributed by atoms with Gasteiger partial charge in [-0.2, -0.15) is 0 Å². The minimum absolute atomic E-state index is 0.216. The van der Waals surface area contributed by atoms with E-state index in [-0.39, 0.29) is 5.91 Å². The van der Waals surface area contributed by atoms with Crippen molar-refractivity contribution in [2.45, 2.75) is 46.3 Å². The summed E-state index contributed by atoms with van der Waals surface area (Å²) >= 11 is 0. The summed E-state index contributed by atoms with van der Waals surface area (Å²) in [6.07, 6.45) is 1.95. The zero-order valence-electron chi connectivity index (χ0n) is 21.8. The predicted octanol–water partition coefficient (Wildman–Crippen LogP) is 4.07. The topological polar surface area (TPSA) is 134 Å². The van der Waals surface area contributed by atoms with Gasteiger partial charge in [-0.1, -0.05) is 17.3 Å². The second-order valence-corrected chi connectivity index (χ2v) is 9.53. The molecule has 1 unspecified atom stereocenters. The highest BCUT2D eigenvalue weighted by Crippen LogP contribution is 2.42. The molecule has 9 nitrogen and oxygen atoms in total. The van der Waals surface area contributed by atoms with Crippen LogP contribution in [-0.4, -0.2) is 35.9 Å². The van der Waals surface area contributed by atoms with Crippen molar-refractivity contribution in [3.05, 3.63) is 76.0 Å². The third-order valence-corrected chi connectivity index (χ3v) is 6.66. The van der Waals surface area contributed by atoms with E-state index in [4.69, 9.17) is 25.8 Å². The summed E-state index contributed by atoms with van der Waals surface area (Å²) in [5.74, 6) is 1.61. The SMILES string of the molecule is CO/N=C1\CC(C)(COc2ccc(CNC(=O)c3ccc(N)nc3)cc2)Oc2c(C)c(C)c(N)c(C)c21. The van der Waals surface area contributed by atoms with Crippen molar-refractivity contribution in [1.29, 1.82) is 0 Å². The monoisotopic (exact) mass is 503 g/mol. The van der Waals surface area contributed by atoms with E-state index in [0.717, 1.165) is 45.0 Å². The maximum atomic E-state index is 12.3. The molecule has 1 aromatic heterocycles. The number of rotatable bonds is 7. The van der Waals surface area contributed by atoms with Crippen molar-refractivity contribution in [3.63, 3.8) is 0 Å². The summed E-state index contributed by atoms with van der Waals surface area (Å²) in [4.78, 5) is 21.4. The van der Waals surface area contributed by atoms with Crippen molar-refractivity contribution in [3.8, 4) is 11.5 Å². The number of carbonyl (C=O) groups excluding carboxylic acids is 1. The van der Waals surface area contributed by atoms with Gasteiger partial charge in [-0.3, -0.25) is 4.79 Å². The van der Waals surface area contributed by atoms with E-state index in [2.05, 4.69) is 15.5 Å². The number of benzene rings is 2. The van der Waals surface area contributed by atoms with Crippen LogP contribution in [0.25, 0.3) is 0 Å². The van der Waals surface area contributed by atoms with Gasteiger partial charge in [0.2, 0.25) is 0 Å². The summed E-state index contributed by atoms with van der Waals surface area (Å²) in [7, 11) is 1.53. The van der Waals surface area contributed by atoms with Crippen LogP contribution in [0.3, 0.4) is 0 Å². The van der Waals surface area contributed by atoms with E-state index < -0.39 is 5.60 Å². The highest BCUT2D eigenvalue weighted by Gasteiger charge is 2.39. The van der Waals surface area contributed by atoms with Crippen LogP contribution < -0.4 is 26.3 Å². The number of pyridine rings is 1. The Bertz CT molecular complexity index is 1340. The van der Waals surface area contributed by atoms with Crippen LogP contribution in [0.5, 0.6) is 11.5 Å². The number of anilines is 2. The van der Waals surface area contributed by atoms with Crippen LogP contribution in [0.4, 0.5) is 11.5 Å². The molecule has 5 N–H and O–H groups in total. The molecule has 1 aliphatic heterocycles. The van der Waals surface area contributed by atoms with Gasteiger partial charge in [0.1, 0.15) is 36.6 Å². The van der Waals surface area contributed by atoms with Gasteiger partial charge in [-0.15, -0.1) is 0 Å². The van der Waals surface area contributed by atoms with Crippen LogP contribution in [0.1, 0.15) is 51.5 Å². The summed E-state index contributed by atoms with van der Waals surface area (Å²) in [5, 5.41) is 7.18. The number of nitrogen functional groups attached to an aromatic ring is 2. The van der Waals surface area contributed by atoms with Crippen molar-refractivity contribution in [2.24, 2.45) is 5.16 Å². The highest BCUT2D eigenvalue weighted by molar-refractivity contribution is 6.07. The zero-order valence-corrected chi connectivity index (χ0v) is 21.8. The first-order valence-corrected chi connectivity index (χ1v) is 12.0. The van der Waals surface area contributed by atoms with E-state index in [9.17, 15) is 4.79 Å². The van der Waals surface area contributed by atoms with Gasteiger partial charge in [-0.25, -0.2) is 4.98 Å². The van der Waals surface area contributed by atoms with Crippen LogP contribution in [-0.2, 0) is 11.4 Å². The van der Waals surface area contributed by atoms with Crippen molar-refractivity contribution >= 4 is 23.1 Å². The number of nitrogens with zero attached hydrogens (tertiary/aromatic N) is 2. The molecule has 0 saturated carbocycles. The third-order valence-electron chi connectivity index (χ3n) is 6.66. The van der Waals surface area contributed by atoms with E-state index in [1.807, 2.05) is 52.0 Å². The minimum Gasteiger partial charge on any atom is -0.489 e. The highest BCUT2D eigenvalue weighted by atomic mass is 16.6. The van der Waals surface area contributed by atoms with Gasteiger partial charge in [0.25, 0.3) is 5.91 Å². The summed E-state index contributed by atoms with van der Waals surface area (Å²) in [6.45, 7) is 8.65. The van der Waals surface area contributed by atoms with Crippen molar-refractivity contribution in [2.75, 3.05) is 25.2 Å². The molecule has 2 heterocycles. The van der Waals surface area contributed by atoms with Gasteiger partial charge >= 0.3 is 0 Å². The molecule has 37 heavy (non-hydrogen) atoms. The van der Waals surface area contributed by atoms with Gasteiger partial charge in [0.05, 0.1) is 11.3 Å². The molecule has 4 rings (SSSR count). The van der Waals surface area contributed by atoms with Crippen molar-refractivity contribution in [1.82, 2.24) is 10.3 Å². The number of fused-ring (bicyclic) bond motifs is 1. The Balaban J connectivity index is 1.42. The Morgan fingerprint density at radius 3 is 2.49 bits per heavy atom. The number of hydrogen-bond acceptors (Lipinski definition) is 8. The fourth-order valence-electron chi connectivity index (χ4n) is 4.38. The zero-order chi connectivity index (χ0) is 26.7. The minimum atomic E-state index is -0.663. The molecule has 9 heteroatoms. The average Bonchev–Trinajstić information content (AvgIpc) is 2.89. The second-order valence-electron chi connectivity index (χ2n) is 9.53. The number of carbonyl (C=O) groups is 1. The van der Waals surface area contributed by atoms with Gasteiger partial charge in [-0.05, 0) is 74.2 Å². The second kappa shape index (κ2) is 10.4. The fraction of sp³-hybridized carbons (Fsp3) is 0.321. The number of amides is 1. The van der Waals surface area contributed by atoms with E-state index >= 15 is 0 Å². The Hall–Kier alpha value is -4.27. The lowest BCUT2D eigenvalue weighted by atomic mass is 9.85. The average molecular weight is 504 g/mol. The largest absolute Gasteiger partial charge is 0.489 e. The fourth-order valence-corrected chi connectivity index (χ4v) is 4.38. The first-order valence-electron chi connectivity index (χ1n) is 12.0. The molecule has 194 valence electrons. The summed E-state index contributed by atoms with van der Waals surface area (Å²) in [5.41, 5.74) is 18.0. The van der Waals surface area contributed by atoms with Crippen LogP contribution >= 0.6 is 0 Å². The molecule has 1 amide bonds. The molecule has 0 radical (unpaired) electrons. The molecule has 0 spiro atoms. The molecule has 1 aliphatic rings. The lowest BCUT2D eigenvalue weighted by molar-refractivity contribution is 0.0352. The number of oxime groups is 1. The smallest absolute Gasteiger partial charge is 0.253 e. The molecular formula is C28H33N5O4. The molecule has 2 aromatic carbocycles. The summed E-state index contributed by atoms with van der Waals surface area (Å²) in [6, 6.07) is 10.8. The lowest BCUT2D eigenvalue weighted by Gasteiger charge is -2.38. The molecule has 1 atom stereocenters. The van der Waals surface area contributed by atoms with E-state index in [0.29, 0.717) is 36.7 Å². The predicted molar refractivity (Wildman–Crippen MR) is 144 cm³/mol. The van der Waals surface area contributed by atoms with Gasteiger partial charge in [0, 0.05) is 30.4 Å². The maximum Gasteiger partial charge on any atom is 0.253 e. The molecule has 0 aliphatic carbocycles. The number of nitrogens with one attached hydrogen (secondary N) is 1. The Kier molecular flexibility index (Phi) is 7.24. The van der Waals surface area contributed by atoms with Gasteiger partial charge in [0.15, 0.2) is 0 Å². The Morgan fingerprint density at radius 2 is 1.84 bits per heavy atom. The van der Waals surface area contributed by atoms with Gasteiger partial charge < -0.3 is 31.1 Å². The van der Waals surface area contributed by atoms with E-state index in [1.165, 1.54) is 13.3 Å². The Labute approximate surface area is 216 Å². The first kappa shape index (κ1) is 25.8. The van der Waals surface area contributed by atoms with Crippen molar-refractivity contribution < 1.29 is 19.1 Å². The molecule has 0 bridgehead atoms. The maximum absolute atomic E-state index is 12.3. The van der Waals surface area contributed by atoms with Crippen LogP contribution in [0.2, 0.25) is 0 Å². The first-order chi connectivity index (χ1) is 17.6. The number of nitrogens with two attached hydrogens (primary N) is 2. The molecular weight excluding hydrogens is 470 g/mol. The number of ether oxygens (including phenoxy) is 2. The number of aromatic nitrogens is 1. The molecule has 0 saturated heterocycles. The quantitative estimate of drug-likeness (QED) is 0.327. The summed E-state index contributed by atoms with van der Waals surface area (Å²) < 4.78 is 12.6. The third kappa shape index (κ3) is 5.45.